The molecule has 2 atom stereocenters. The summed E-state index contributed by atoms with van der Waals surface area (Å²) in [5, 5.41) is 19.8. The number of nitrogens with one attached hydrogen (secondary N) is 1. The number of amides is 2. The number of carboxylic acids is 1. The van der Waals surface area contributed by atoms with Crippen LogP contribution in [0.15, 0.2) is 34.1 Å². The SMILES string of the molecule is CO/N=C(\C(=O)N[C@@H]1C(=O)N2C(C(=O)[O-])=C(C[N+]34C=CC(CC3)CC4)CS[C@H]12)c1csc(N)n1. The first-order valence-corrected chi connectivity index (χ1v) is 12.8. The average Bonchev–Trinajstić information content (AvgIpc) is 3.27. The lowest BCUT2D eigenvalue weighted by Gasteiger charge is -2.52. The molecular weight excluding hydrogens is 480 g/mol. The van der Waals surface area contributed by atoms with Gasteiger partial charge in [0.1, 0.15) is 30.8 Å². The molecule has 1 aromatic rings. The highest BCUT2D eigenvalue weighted by Crippen LogP contribution is 2.42. The first-order valence-electron chi connectivity index (χ1n) is 10.9. The fourth-order valence-electron chi connectivity index (χ4n) is 5.03. The highest BCUT2D eigenvalue weighted by Gasteiger charge is 2.54. The van der Waals surface area contributed by atoms with E-state index in [2.05, 4.69) is 27.7 Å². The van der Waals surface area contributed by atoms with Gasteiger partial charge in [0.05, 0.1) is 31.0 Å². The number of fused-ring (bicyclic) bond motifs is 3. The summed E-state index contributed by atoms with van der Waals surface area (Å²) in [6.45, 7) is 2.48. The third-order valence-corrected chi connectivity index (χ3v) is 8.77. The Balaban J connectivity index is 1.34. The molecule has 5 aliphatic rings. The molecule has 0 spiro atoms. The second-order valence-electron chi connectivity index (χ2n) is 8.80. The Labute approximate surface area is 203 Å². The van der Waals surface area contributed by atoms with Gasteiger partial charge in [-0.25, -0.2) is 4.98 Å². The van der Waals surface area contributed by atoms with Crippen LogP contribution in [0.25, 0.3) is 0 Å². The third-order valence-electron chi connectivity index (χ3n) is 6.76. The smallest absolute Gasteiger partial charge is 0.276 e. The van der Waals surface area contributed by atoms with Crippen LogP contribution in [0.4, 0.5) is 5.13 Å². The number of piperidine rings is 1. The van der Waals surface area contributed by atoms with Crippen molar-refractivity contribution in [2.45, 2.75) is 24.3 Å². The number of anilines is 1. The Morgan fingerprint density at radius 2 is 2.18 bits per heavy atom. The zero-order chi connectivity index (χ0) is 24.0. The maximum absolute atomic E-state index is 13.0. The molecule has 0 radical (unpaired) electrons. The summed E-state index contributed by atoms with van der Waals surface area (Å²) in [6.07, 6.45) is 6.58. The number of hydrogen-bond acceptors (Lipinski definition) is 10. The maximum atomic E-state index is 13.0. The Bertz CT molecular complexity index is 1140. The first kappa shape index (κ1) is 22.9. The van der Waals surface area contributed by atoms with Gasteiger partial charge in [-0.2, -0.15) is 0 Å². The zero-order valence-corrected chi connectivity index (χ0v) is 20.1. The van der Waals surface area contributed by atoms with Crippen molar-refractivity contribution < 1.29 is 28.8 Å². The van der Waals surface area contributed by atoms with Crippen LogP contribution in [-0.2, 0) is 19.2 Å². The highest BCUT2D eigenvalue weighted by molar-refractivity contribution is 8.00. The number of carbonyl (C=O) groups is 3. The molecule has 2 bridgehead atoms. The number of hydrogen-bond donors (Lipinski definition) is 2. The molecule has 1 aromatic heterocycles. The lowest BCUT2D eigenvalue weighted by molar-refractivity contribution is -0.884. The van der Waals surface area contributed by atoms with E-state index in [4.69, 9.17) is 10.6 Å². The number of rotatable bonds is 7. The molecular formula is C21H24N6O5S2. The minimum Gasteiger partial charge on any atom is -0.543 e. The topological polar surface area (TPSA) is 150 Å². The third kappa shape index (κ3) is 3.87. The monoisotopic (exact) mass is 504 g/mol. The minimum atomic E-state index is -1.37. The molecule has 3 N–H and O–H groups in total. The number of nitrogen functional groups attached to an aromatic ring is 1. The molecule has 34 heavy (non-hydrogen) atoms. The van der Waals surface area contributed by atoms with E-state index in [1.165, 1.54) is 23.8 Å². The van der Waals surface area contributed by atoms with Crippen molar-refractivity contribution in [3.05, 3.63) is 34.6 Å². The van der Waals surface area contributed by atoms with E-state index < -0.39 is 29.2 Å². The summed E-state index contributed by atoms with van der Waals surface area (Å²) in [6, 6.07) is -0.899. The summed E-state index contributed by atoms with van der Waals surface area (Å²) in [5.41, 5.74) is 6.40. The van der Waals surface area contributed by atoms with Gasteiger partial charge < -0.3 is 25.8 Å². The summed E-state index contributed by atoms with van der Waals surface area (Å²) in [7, 11) is 1.29. The van der Waals surface area contributed by atoms with Gasteiger partial charge in [-0.15, -0.1) is 23.1 Å². The van der Waals surface area contributed by atoms with Crippen molar-refractivity contribution >= 4 is 51.7 Å². The lowest BCUT2D eigenvalue weighted by atomic mass is 9.90. The maximum Gasteiger partial charge on any atom is 0.276 e. The van der Waals surface area contributed by atoms with Gasteiger partial charge in [0, 0.05) is 29.5 Å². The number of oxime groups is 1. The van der Waals surface area contributed by atoms with Gasteiger partial charge in [-0.1, -0.05) is 5.16 Å². The largest absolute Gasteiger partial charge is 0.543 e. The number of quaternary nitrogens is 1. The number of thiazole rings is 1. The van der Waals surface area contributed by atoms with Crippen LogP contribution < -0.4 is 16.2 Å². The molecule has 180 valence electrons. The molecule has 2 amide bonds. The van der Waals surface area contributed by atoms with E-state index in [1.54, 1.807) is 5.38 Å². The zero-order valence-electron chi connectivity index (χ0n) is 18.4. The summed E-state index contributed by atoms with van der Waals surface area (Å²) >= 11 is 2.58. The number of allylic oxidation sites excluding steroid dienone is 1. The van der Waals surface area contributed by atoms with Crippen LogP contribution in [0.1, 0.15) is 18.5 Å². The fourth-order valence-corrected chi connectivity index (χ4v) is 6.92. The van der Waals surface area contributed by atoms with Gasteiger partial charge in [0.15, 0.2) is 10.8 Å². The van der Waals surface area contributed by atoms with Crippen LogP contribution in [0.3, 0.4) is 0 Å². The molecule has 6 heterocycles. The highest BCUT2D eigenvalue weighted by atomic mass is 32.2. The predicted octanol–water partition coefficient (Wildman–Crippen LogP) is -0.766. The van der Waals surface area contributed by atoms with Crippen molar-refractivity contribution in [2.75, 3.05) is 38.2 Å². The van der Waals surface area contributed by atoms with Crippen LogP contribution in [0.2, 0.25) is 0 Å². The van der Waals surface area contributed by atoms with Crippen molar-refractivity contribution in [3.8, 4) is 0 Å². The number of carbonyl (C=O) groups excluding carboxylic acids is 3. The van der Waals surface area contributed by atoms with E-state index in [1.807, 2.05) is 0 Å². The van der Waals surface area contributed by atoms with E-state index in [9.17, 15) is 19.5 Å². The lowest BCUT2D eigenvalue weighted by Crippen LogP contribution is -2.72. The van der Waals surface area contributed by atoms with Crippen LogP contribution in [0, 0.1) is 5.92 Å². The van der Waals surface area contributed by atoms with E-state index in [-0.39, 0.29) is 22.2 Å². The van der Waals surface area contributed by atoms with Crippen LogP contribution in [0.5, 0.6) is 0 Å². The average molecular weight is 505 g/mol. The van der Waals surface area contributed by atoms with E-state index in [0.29, 0.717) is 28.3 Å². The number of β-lactam (4-membered cyclic amide) rings is 1. The summed E-state index contributed by atoms with van der Waals surface area (Å²) in [5.74, 6) is -1.46. The number of nitrogens with two attached hydrogens (primary N) is 1. The molecule has 2 fully saturated rings. The number of aromatic nitrogens is 1. The van der Waals surface area contributed by atoms with Crippen molar-refractivity contribution in [1.82, 2.24) is 15.2 Å². The van der Waals surface area contributed by atoms with Gasteiger partial charge >= 0.3 is 0 Å². The standard InChI is InChI=1S/C21H24N6O5S2/c1-32-25-14(13-10-34-21(22)23-13)17(28)24-15-18(29)26-16(20(30)31)12(9-33-19(15)26)8-27-5-2-11(3-6-27)4-7-27/h2,5,10-11,15,19H,3-4,6-9H2,1H3,(H3-,22,23,24,28,30,31)/b25-14-/t11?,15-,19-,27?/m1/s1. The summed E-state index contributed by atoms with van der Waals surface area (Å²) < 4.78 is 0.712. The number of carboxylic acid groups (broad SMARTS) is 1. The van der Waals surface area contributed by atoms with Gasteiger partial charge in [0.25, 0.3) is 11.8 Å². The summed E-state index contributed by atoms with van der Waals surface area (Å²) in [4.78, 5) is 48.0. The molecule has 0 aromatic carbocycles. The molecule has 2 saturated heterocycles. The Morgan fingerprint density at radius 1 is 1.41 bits per heavy atom. The first-order chi connectivity index (χ1) is 16.3. The molecule has 11 nitrogen and oxygen atoms in total. The predicted molar refractivity (Wildman–Crippen MR) is 124 cm³/mol. The van der Waals surface area contributed by atoms with E-state index in [0.717, 1.165) is 37.3 Å². The normalized spacial score (nSPS) is 30.1. The molecule has 5 aliphatic heterocycles. The molecule has 0 unspecified atom stereocenters. The van der Waals surface area contributed by atoms with Gasteiger partial charge in [0.2, 0.25) is 0 Å². The van der Waals surface area contributed by atoms with E-state index >= 15 is 0 Å². The quantitative estimate of drug-likeness (QED) is 0.213. The van der Waals surface area contributed by atoms with Crippen LogP contribution in [-0.4, -0.2) is 81.8 Å². The number of thioether (sulfide) groups is 1. The molecule has 6 rings (SSSR count). The van der Waals surface area contributed by atoms with Crippen molar-refractivity contribution in [2.24, 2.45) is 11.1 Å². The van der Waals surface area contributed by atoms with Crippen molar-refractivity contribution in [3.63, 3.8) is 0 Å². The second kappa shape index (κ2) is 8.71. The van der Waals surface area contributed by atoms with Crippen molar-refractivity contribution in [1.29, 1.82) is 0 Å². The van der Waals surface area contributed by atoms with Gasteiger partial charge in [-0.05, 0) is 12.0 Å². The Hall–Kier alpha value is -2.90. The molecule has 0 aliphatic carbocycles. The Morgan fingerprint density at radius 3 is 2.76 bits per heavy atom. The van der Waals surface area contributed by atoms with Gasteiger partial charge in [-0.3, -0.25) is 19.0 Å². The minimum absolute atomic E-state index is 0.0640. The number of nitrogens with zero attached hydrogens (tertiary/aromatic N) is 4. The Kier molecular flexibility index (Phi) is 5.86. The fraction of sp³-hybridized carbons (Fsp3) is 0.476. The molecule has 0 saturated carbocycles. The second-order valence-corrected chi connectivity index (χ2v) is 10.8. The van der Waals surface area contributed by atoms with Crippen LogP contribution >= 0.6 is 23.1 Å². The molecule has 13 heteroatoms. The number of aliphatic carboxylic acids is 1.